The average molecular weight is 562 g/mol. The van der Waals surface area contributed by atoms with E-state index in [-0.39, 0.29) is 45.7 Å². The molecule has 0 spiro atoms. The standard InChI is InChI=1S/C30H39N7O4/c1-17-24(37-15-23(35-36-37)28(40)32-16-29(2,3)4)11-18(14-31-17)26(38)34-22-13-19(30(5,6)7)12-21(25(22)41-8)27(39)33-20-9-10-20/h11-15,20H,9-10,16H2,1-8H3,(H,32,40)(H,33,39)(H,34,38). The second-order valence-electron chi connectivity index (χ2n) is 12.7. The summed E-state index contributed by atoms with van der Waals surface area (Å²) in [5.41, 5.74) is 2.76. The highest BCUT2D eigenvalue weighted by Gasteiger charge is 2.28. The molecule has 0 aliphatic heterocycles. The fourth-order valence-corrected chi connectivity index (χ4v) is 4.03. The van der Waals surface area contributed by atoms with Crippen LogP contribution in [0, 0.1) is 12.3 Å². The van der Waals surface area contributed by atoms with Crippen molar-refractivity contribution >= 4 is 23.4 Å². The summed E-state index contributed by atoms with van der Waals surface area (Å²) in [5, 5.41) is 16.9. The first-order valence-electron chi connectivity index (χ1n) is 13.7. The van der Waals surface area contributed by atoms with Crippen molar-refractivity contribution in [3.63, 3.8) is 0 Å². The highest BCUT2D eigenvalue weighted by molar-refractivity contribution is 6.07. The van der Waals surface area contributed by atoms with Crippen molar-refractivity contribution in [3.05, 3.63) is 58.7 Å². The lowest BCUT2D eigenvalue weighted by Gasteiger charge is -2.23. The molecule has 1 aromatic carbocycles. The molecule has 3 amide bonds. The summed E-state index contributed by atoms with van der Waals surface area (Å²) in [6.45, 7) is 14.4. The molecule has 11 heteroatoms. The number of carbonyl (C=O) groups is 3. The molecule has 41 heavy (non-hydrogen) atoms. The second kappa shape index (κ2) is 11.3. The number of methoxy groups -OCH3 is 1. The van der Waals surface area contributed by atoms with Gasteiger partial charge in [-0.2, -0.15) is 0 Å². The zero-order valence-electron chi connectivity index (χ0n) is 25.0. The van der Waals surface area contributed by atoms with Crippen LogP contribution in [0.2, 0.25) is 0 Å². The minimum Gasteiger partial charge on any atom is -0.494 e. The minimum atomic E-state index is -0.445. The number of aromatic nitrogens is 4. The first kappa shape index (κ1) is 29.7. The maximum absolute atomic E-state index is 13.5. The van der Waals surface area contributed by atoms with Gasteiger partial charge in [0.2, 0.25) is 0 Å². The molecule has 218 valence electrons. The Morgan fingerprint density at radius 1 is 1.02 bits per heavy atom. The van der Waals surface area contributed by atoms with Gasteiger partial charge in [-0.15, -0.1) is 5.10 Å². The number of hydrogen-bond acceptors (Lipinski definition) is 7. The number of nitrogens with one attached hydrogen (secondary N) is 3. The Morgan fingerprint density at radius 3 is 2.34 bits per heavy atom. The van der Waals surface area contributed by atoms with E-state index in [2.05, 4.69) is 31.2 Å². The van der Waals surface area contributed by atoms with Gasteiger partial charge in [0.15, 0.2) is 11.4 Å². The SMILES string of the molecule is COc1c(NC(=O)c2cnc(C)c(-n3cc(C(=O)NCC(C)(C)C)nn3)c2)cc(C(C)(C)C)cc1C(=O)NC1CC1. The van der Waals surface area contributed by atoms with Crippen molar-refractivity contribution in [2.75, 3.05) is 19.0 Å². The highest BCUT2D eigenvalue weighted by atomic mass is 16.5. The van der Waals surface area contributed by atoms with Crippen molar-refractivity contribution in [2.45, 2.75) is 72.8 Å². The van der Waals surface area contributed by atoms with E-state index in [1.165, 1.54) is 24.2 Å². The van der Waals surface area contributed by atoms with E-state index in [1.54, 1.807) is 13.0 Å². The molecule has 4 rings (SSSR count). The fraction of sp³-hybridized carbons (Fsp3) is 0.467. The van der Waals surface area contributed by atoms with Crippen molar-refractivity contribution < 1.29 is 19.1 Å². The number of aryl methyl sites for hydroxylation is 1. The summed E-state index contributed by atoms with van der Waals surface area (Å²) < 4.78 is 7.05. The van der Waals surface area contributed by atoms with Crippen LogP contribution in [0.1, 0.15) is 96.8 Å². The molecular weight excluding hydrogens is 522 g/mol. The number of ether oxygens (including phenoxy) is 1. The largest absolute Gasteiger partial charge is 0.494 e. The molecule has 3 aromatic rings. The molecule has 1 aliphatic rings. The van der Waals surface area contributed by atoms with E-state index in [1.807, 2.05) is 53.7 Å². The molecule has 1 aliphatic carbocycles. The smallest absolute Gasteiger partial charge is 0.273 e. The van der Waals surface area contributed by atoms with Gasteiger partial charge in [0.25, 0.3) is 17.7 Å². The van der Waals surface area contributed by atoms with Crippen molar-refractivity contribution in [3.8, 4) is 11.4 Å². The van der Waals surface area contributed by atoms with Gasteiger partial charge in [0.05, 0.1) is 41.5 Å². The summed E-state index contributed by atoms with van der Waals surface area (Å²) >= 11 is 0. The lowest BCUT2D eigenvalue weighted by Crippen LogP contribution is -2.32. The van der Waals surface area contributed by atoms with E-state index < -0.39 is 5.91 Å². The molecule has 2 aromatic heterocycles. The quantitative estimate of drug-likeness (QED) is 0.374. The van der Waals surface area contributed by atoms with Crippen LogP contribution >= 0.6 is 0 Å². The van der Waals surface area contributed by atoms with Gasteiger partial charge < -0.3 is 20.7 Å². The third-order valence-corrected chi connectivity index (χ3v) is 6.64. The number of pyridine rings is 1. The number of carbonyl (C=O) groups excluding carboxylic acids is 3. The van der Waals surface area contributed by atoms with Crippen LogP contribution in [0.15, 0.2) is 30.6 Å². The Labute approximate surface area is 240 Å². The molecule has 11 nitrogen and oxygen atoms in total. The van der Waals surface area contributed by atoms with E-state index in [0.717, 1.165) is 18.4 Å². The zero-order chi connectivity index (χ0) is 30.1. The molecule has 0 bridgehead atoms. The number of benzene rings is 1. The Bertz CT molecular complexity index is 1480. The van der Waals surface area contributed by atoms with E-state index in [9.17, 15) is 14.4 Å². The summed E-state index contributed by atoms with van der Waals surface area (Å²) in [4.78, 5) is 43.5. The number of anilines is 1. The van der Waals surface area contributed by atoms with Gasteiger partial charge in [0.1, 0.15) is 0 Å². The van der Waals surface area contributed by atoms with Crippen LogP contribution in [0.3, 0.4) is 0 Å². The molecule has 1 fully saturated rings. The Morgan fingerprint density at radius 2 is 1.73 bits per heavy atom. The first-order valence-corrected chi connectivity index (χ1v) is 13.7. The van der Waals surface area contributed by atoms with Gasteiger partial charge in [-0.1, -0.05) is 46.8 Å². The maximum Gasteiger partial charge on any atom is 0.273 e. The lowest BCUT2D eigenvalue weighted by atomic mass is 9.85. The number of rotatable bonds is 8. The van der Waals surface area contributed by atoms with Gasteiger partial charge in [-0.25, -0.2) is 4.68 Å². The van der Waals surface area contributed by atoms with Gasteiger partial charge in [0, 0.05) is 18.8 Å². The van der Waals surface area contributed by atoms with Crippen molar-refractivity contribution in [1.29, 1.82) is 0 Å². The predicted molar refractivity (Wildman–Crippen MR) is 156 cm³/mol. The Kier molecular flexibility index (Phi) is 8.19. The number of nitrogens with zero attached hydrogens (tertiary/aromatic N) is 4. The topological polar surface area (TPSA) is 140 Å². The molecule has 0 saturated heterocycles. The van der Waals surface area contributed by atoms with E-state index in [4.69, 9.17) is 4.74 Å². The van der Waals surface area contributed by atoms with Crippen molar-refractivity contribution in [1.82, 2.24) is 30.6 Å². The van der Waals surface area contributed by atoms with Gasteiger partial charge in [-0.05, 0) is 54.4 Å². The molecule has 2 heterocycles. The monoisotopic (exact) mass is 561 g/mol. The Balaban J connectivity index is 1.62. The summed E-state index contributed by atoms with van der Waals surface area (Å²) in [6, 6.07) is 5.44. The molecule has 0 atom stereocenters. The lowest BCUT2D eigenvalue weighted by molar-refractivity contribution is 0.0930. The Hall–Kier alpha value is -4.28. The zero-order valence-corrected chi connectivity index (χ0v) is 25.0. The average Bonchev–Trinajstić information content (AvgIpc) is 3.57. The molecular formula is C30H39N7O4. The number of hydrogen-bond donors (Lipinski definition) is 3. The maximum atomic E-state index is 13.5. The molecule has 3 N–H and O–H groups in total. The van der Waals surface area contributed by atoms with Gasteiger partial charge in [-0.3, -0.25) is 19.4 Å². The van der Waals surface area contributed by atoms with Crippen LogP contribution in [-0.2, 0) is 5.41 Å². The van der Waals surface area contributed by atoms with Crippen LogP contribution in [0.25, 0.3) is 5.69 Å². The summed E-state index contributed by atoms with van der Waals surface area (Å²) in [7, 11) is 1.47. The molecule has 0 radical (unpaired) electrons. The second-order valence-corrected chi connectivity index (χ2v) is 12.7. The minimum absolute atomic E-state index is 0.0787. The van der Waals surface area contributed by atoms with Crippen LogP contribution in [0.5, 0.6) is 5.75 Å². The van der Waals surface area contributed by atoms with Crippen LogP contribution < -0.4 is 20.7 Å². The molecule has 1 saturated carbocycles. The van der Waals surface area contributed by atoms with Crippen LogP contribution in [0.4, 0.5) is 5.69 Å². The van der Waals surface area contributed by atoms with Crippen molar-refractivity contribution in [2.24, 2.45) is 5.41 Å². The summed E-state index contributed by atoms with van der Waals surface area (Å²) in [6.07, 6.45) is 4.87. The first-order chi connectivity index (χ1) is 19.2. The van der Waals surface area contributed by atoms with E-state index >= 15 is 0 Å². The molecule has 0 unspecified atom stereocenters. The normalized spacial score (nSPS) is 13.5. The highest BCUT2D eigenvalue weighted by Crippen LogP contribution is 2.36. The summed E-state index contributed by atoms with van der Waals surface area (Å²) in [5.74, 6) is -0.733. The van der Waals surface area contributed by atoms with Gasteiger partial charge >= 0.3 is 0 Å². The number of amides is 3. The van der Waals surface area contributed by atoms with E-state index in [0.29, 0.717) is 29.2 Å². The third-order valence-electron chi connectivity index (χ3n) is 6.64. The third kappa shape index (κ3) is 7.27. The fourth-order valence-electron chi connectivity index (χ4n) is 4.03. The predicted octanol–water partition coefficient (Wildman–Crippen LogP) is 4.20. The van der Waals surface area contributed by atoms with Crippen LogP contribution in [-0.4, -0.2) is 57.4 Å².